The highest BCUT2D eigenvalue weighted by molar-refractivity contribution is 5.85. The second kappa shape index (κ2) is 7.87. The molecule has 1 atom stereocenters. The molecule has 1 aromatic carbocycles. The molecule has 120 valence electrons. The molecule has 0 saturated carbocycles. The van der Waals surface area contributed by atoms with Gasteiger partial charge in [0.1, 0.15) is 12.4 Å². The van der Waals surface area contributed by atoms with E-state index in [9.17, 15) is 13.2 Å². The lowest BCUT2D eigenvalue weighted by Crippen LogP contribution is -2.50. The van der Waals surface area contributed by atoms with Gasteiger partial charge in [0.25, 0.3) is 0 Å². The van der Waals surface area contributed by atoms with Crippen LogP contribution in [0, 0.1) is 0 Å². The van der Waals surface area contributed by atoms with Crippen molar-refractivity contribution >= 4 is 12.4 Å². The number of halogens is 4. The molecule has 2 rings (SSSR count). The fraction of sp³-hybridized carbons (Fsp3) is 0.571. The van der Waals surface area contributed by atoms with E-state index in [0.29, 0.717) is 18.4 Å². The maximum absolute atomic E-state index is 12.4. The van der Waals surface area contributed by atoms with E-state index in [2.05, 4.69) is 17.1 Å². The molecule has 1 aliphatic rings. The van der Waals surface area contributed by atoms with Crippen LogP contribution in [0.2, 0.25) is 0 Å². The second-order valence-electron chi connectivity index (χ2n) is 4.96. The van der Waals surface area contributed by atoms with Gasteiger partial charge >= 0.3 is 6.18 Å². The van der Waals surface area contributed by atoms with Crippen LogP contribution in [-0.4, -0.2) is 43.7 Å². The zero-order valence-corrected chi connectivity index (χ0v) is 12.6. The molecule has 1 saturated heterocycles. The first-order valence-corrected chi connectivity index (χ1v) is 6.71. The van der Waals surface area contributed by atoms with Crippen LogP contribution in [-0.2, 0) is 6.18 Å². The Kier molecular flexibility index (Phi) is 6.77. The molecule has 0 unspecified atom stereocenters. The molecule has 1 N–H and O–H groups in total. The maximum atomic E-state index is 12.4. The number of hydrogen-bond donors (Lipinski definition) is 1. The van der Waals surface area contributed by atoms with Crippen molar-refractivity contribution in [3.8, 4) is 5.75 Å². The van der Waals surface area contributed by atoms with Gasteiger partial charge in [-0.2, -0.15) is 13.2 Å². The van der Waals surface area contributed by atoms with Gasteiger partial charge in [-0.3, -0.25) is 4.90 Å². The van der Waals surface area contributed by atoms with Crippen molar-refractivity contribution in [3.63, 3.8) is 0 Å². The van der Waals surface area contributed by atoms with Crippen LogP contribution in [0.4, 0.5) is 13.2 Å². The van der Waals surface area contributed by atoms with E-state index < -0.39 is 11.7 Å². The quantitative estimate of drug-likeness (QED) is 0.921. The Morgan fingerprint density at radius 2 is 1.95 bits per heavy atom. The lowest BCUT2D eigenvalue weighted by molar-refractivity contribution is -0.137. The maximum Gasteiger partial charge on any atom is 0.416 e. The zero-order chi connectivity index (χ0) is 14.6. The van der Waals surface area contributed by atoms with Gasteiger partial charge in [-0.1, -0.05) is 0 Å². The van der Waals surface area contributed by atoms with Crippen molar-refractivity contribution in [2.45, 2.75) is 19.1 Å². The van der Waals surface area contributed by atoms with E-state index >= 15 is 0 Å². The second-order valence-corrected chi connectivity index (χ2v) is 4.96. The van der Waals surface area contributed by atoms with E-state index in [1.165, 1.54) is 12.1 Å². The van der Waals surface area contributed by atoms with Crippen molar-refractivity contribution in [3.05, 3.63) is 29.8 Å². The smallest absolute Gasteiger partial charge is 0.416 e. The Morgan fingerprint density at radius 1 is 1.29 bits per heavy atom. The lowest BCUT2D eigenvalue weighted by Gasteiger charge is -2.33. The summed E-state index contributed by atoms with van der Waals surface area (Å²) < 4.78 is 42.7. The largest absolute Gasteiger partial charge is 0.492 e. The Morgan fingerprint density at radius 3 is 2.52 bits per heavy atom. The van der Waals surface area contributed by atoms with Crippen molar-refractivity contribution < 1.29 is 17.9 Å². The van der Waals surface area contributed by atoms with E-state index in [0.717, 1.165) is 38.3 Å². The first-order chi connectivity index (χ1) is 9.47. The highest BCUT2D eigenvalue weighted by atomic mass is 35.5. The molecule has 3 nitrogen and oxygen atoms in total. The number of benzene rings is 1. The molecule has 0 amide bonds. The fourth-order valence-electron chi connectivity index (χ4n) is 2.24. The summed E-state index contributed by atoms with van der Waals surface area (Å²) in [7, 11) is 0. The Hall–Kier alpha value is -0.980. The fourth-order valence-corrected chi connectivity index (χ4v) is 2.24. The molecular formula is C14H20ClF3N2O. The molecule has 0 radical (unpaired) electrons. The predicted molar refractivity (Wildman–Crippen MR) is 78.1 cm³/mol. The minimum Gasteiger partial charge on any atom is -0.492 e. The van der Waals surface area contributed by atoms with Crippen molar-refractivity contribution in [2.75, 3.05) is 32.8 Å². The SMILES string of the molecule is C[C@H]1CNCCN1CCOc1ccc(C(F)(F)F)cc1.Cl. The summed E-state index contributed by atoms with van der Waals surface area (Å²) in [5, 5.41) is 3.30. The number of piperazine rings is 1. The van der Waals surface area contributed by atoms with Gasteiger partial charge in [0.05, 0.1) is 5.56 Å². The Balaban J connectivity index is 0.00000220. The summed E-state index contributed by atoms with van der Waals surface area (Å²) in [6, 6.07) is 5.28. The monoisotopic (exact) mass is 324 g/mol. The molecule has 0 spiro atoms. The third-order valence-electron chi connectivity index (χ3n) is 3.47. The first kappa shape index (κ1) is 18.1. The summed E-state index contributed by atoms with van der Waals surface area (Å²) in [5.74, 6) is 0.473. The standard InChI is InChI=1S/C14H19F3N2O.ClH/c1-11-10-18-6-7-19(11)8-9-20-13-4-2-12(3-5-13)14(15,16)17;/h2-5,11,18H,6-10H2,1H3;1H/t11-;/m0./s1. The van der Waals surface area contributed by atoms with Crippen LogP contribution in [0.3, 0.4) is 0 Å². The molecule has 1 aliphatic heterocycles. The summed E-state index contributed by atoms with van der Waals surface area (Å²) in [6.45, 7) is 6.30. The summed E-state index contributed by atoms with van der Waals surface area (Å²) >= 11 is 0. The average Bonchev–Trinajstić information content (AvgIpc) is 2.40. The van der Waals surface area contributed by atoms with Crippen LogP contribution in [0.1, 0.15) is 12.5 Å². The van der Waals surface area contributed by atoms with E-state index in [1.54, 1.807) is 0 Å². The van der Waals surface area contributed by atoms with Crippen LogP contribution < -0.4 is 10.1 Å². The van der Waals surface area contributed by atoms with Crippen LogP contribution >= 0.6 is 12.4 Å². The molecule has 0 aliphatic carbocycles. The molecule has 0 aromatic heterocycles. The lowest BCUT2D eigenvalue weighted by atomic mass is 10.2. The van der Waals surface area contributed by atoms with Crippen LogP contribution in [0.5, 0.6) is 5.75 Å². The number of ether oxygens (including phenoxy) is 1. The number of alkyl halides is 3. The highest BCUT2D eigenvalue weighted by Crippen LogP contribution is 2.30. The van der Waals surface area contributed by atoms with Crippen molar-refractivity contribution in [1.82, 2.24) is 10.2 Å². The summed E-state index contributed by atoms with van der Waals surface area (Å²) in [6.07, 6.45) is -4.30. The topological polar surface area (TPSA) is 24.5 Å². The normalized spacial score (nSPS) is 19.9. The average molecular weight is 325 g/mol. The van der Waals surface area contributed by atoms with Gasteiger partial charge in [-0.05, 0) is 31.2 Å². The van der Waals surface area contributed by atoms with Gasteiger partial charge in [-0.25, -0.2) is 0 Å². The van der Waals surface area contributed by atoms with E-state index in [4.69, 9.17) is 4.74 Å². The van der Waals surface area contributed by atoms with E-state index in [-0.39, 0.29) is 12.4 Å². The number of nitrogens with one attached hydrogen (secondary N) is 1. The molecule has 1 fully saturated rings. The first-order valence-electron chi connectivity index (χ1n) is 6.71. The number of rotatable bonds is 4. The van der Waals surface area contributed by atoms with Gasteiger partial charge < -0.3 is 10.1 Å². The predicted octanol–water partition coefficient (Wildman–Crippen LogP) is 2.80. The third-order valence-corrected chi connectivity index (χ3v) is 3.47. The summed E-state index contributed by atoms with van der Waals surface area (Å²) in [4.78, 5) is 2.31. The Bertz CT molecular complexity index is 425. The van der Waals surface area contributed by atoms with Crippen LogP contribution in [0.15, 0.2) is 24.3 Å². The molecule has 1 heterocycles. The van der Waals surface area contributed by atoms with Crippen LogP contribution in [0.25, 0.3) is 0 Å². The molecule has 7 heteroatoms. The molecule has 21 heavy (non-hydrogen) atoms. The van der Waals surface area contributed by atoms with Crippen molar-refractivity contribution in [1.29, 1.82) is 0 Å². The minimum absolute atomic E-state index is 0. The van der Waals surface area contributed by atoms with Gasteiger partial charge in [-0.15, -0.1) is 12.4 Å². The molecule has 1 aromatic rings. The van der Waals surface area contributed by atoms with Gasteiger partial charge in [0, 0.05) is 32.2 Å². The minimum atomic E-state index is -4.30. The zero-order valence-electron chi connectivity index (χ0n) is 11.8. The molecular weight excluding hydrogens is 305 g/mol. The van der Waals surface area contributed by atoms with Gasteiger partial charge in [0.15, 0.2) is 0 Å². The number of hydrogen-bond acceptors (Lipinski definition) is 3. The number of nitrogens with zero attached hydrogens (tertiary/aromatic N) is 1. The van der Waals surface area contributed by atoms with Crippen molar-refractivity contribution in [2.24, 2.45) is 0 Å². The van der Waals surface area contributed by atoms with Gasteiger partial charge in [0.2, 0.25) is 0 Å². The summed E-state index contributed by atoms with van der Waals surface area (Å²) in [5.41, 5.74) is -0.652. The van der Waals surface area contributed by atoms with E-state index in [1.807, 2.05) is 0 Å². The molecule has 0 bridgehead atoms. The third kappa shape index (κ3) is 5.37. The Labute approximate surface area is 128 Å². The highest BCUT2D eigenvalue weighted by Gasteiger charge is 2.30.